The molecule has 0 heterocycles. The van der Waals surface area contributed by atoms with Crippen molar-refractivity contribution in [3.63, 3.8) is 0 Å². The summed E-state index contributed by atoms with van der Waals surface area (Å²) in [5.41, 5.74) is 6.50. The van der Waals surface area contributed by atoms with Crippen molar-refractivity contribution < 1.29 is 14.7 Å². The predicted molar refractivity (Wildman–Crippen MR) is 74.3 cm³/mol. The van der Waals surface area contributed by atoms with E-state index in [0.717, 1.165) is 24.9 Å². The fourth-order valence-corrected chi connectivity index (χ4v) is 3.78. The van der Waals surface area contributed by atoms with Crippen LogP contribution in [0.1, 0.15) is 29.6 Å². The number of carboxylic acids is 1. The number of carboxylic acid groups (broad SMARTS) is 1. The highest BCUT2D eigenvalue weighted by atomic mass is 16.4. The molecule has 0 radical (unpaired) electrons. The smallest absolute Gasteiger partial charge is 0.308 e. The Bertz CT molecular complexity index is 541. The molecule has 2 aliphatic carbocycles. The number of carbonyl (C=O) groups is 2. The zero-order valence-corrected chi connectivity index (χ0v) is 11.1. The van der Waals surface area contributed by atoms with Gasteiger partial charge >= 0.3 is 5.97 Å². The largest absolute Gasteiger partial charge is 0.481 e. The van der Waals surface area contributed by atoms with Gasteiger partial charge in [0.25, 0.3) is 0 Å². The molecule has 1 amide bonds. The van der Waals surface area contributed by atoms with Gasteiger partial charge in [-0.15, -0.1) is 0 Å². The Morgan fingerprint density at radius 1 is 1.15 bits per heavy atom. The zero-order chi connectivity index (χ0) is 14.3. The van der Waals surface area contributed by atoms with E-state index in [-0.39, 0.29) is 12.0 Å². The van der Waals surface area contributed by atoms with E-state index in [4.69, 9.17) is 5.73 Å². The van der Waals surface area contributed by atoms with Crippen LogP contribution in [0.4, 0.5) is 5.69 Å². The van der Waals surface area contributed by atoms with Gasteiger partial charge in [-0.05, 0) is 55.4 Å². The summed E-state index contributed by atoms with van der Waals surface area (Å²) < 4.78 is 0. The predicted octanol–water partition coefficient (Wildman–Crippen LogP) is 1.70. The Kier molecular flexibility index (Phi) is 3.12. The number of aliphatic carboxylic acids is 1. The maximum Gasteiger partial charge on any atom is 0.308 e. The highest BCUT2D eigenvalue weighted by Crippen LogP contribution is 2.49. The second kappa shape index (κ2) is 4.81. The second-order valence-electron chi connectivity index (χ2n) is 5.81. The first-order valence-corrected chi connectivity index (χ1v) is 6.95. The molecule has 0 saturated heterocycles. The summed E-state index contributed by atoms with van der Waals surface area (Å²) in [5.74, 6) is -0.718. The quantitative estimate of drug-likeness (QED) is 0.779. The van der Waals surface area contributed by atoms with Gasteiger partial charge in [0.15, 0.2) is 0 Å². The van der Waals surface area contributed by atoms with E-state index < -0.39 is 11.9 Å². The van der Waals surface area contributed by atoms with E-state index in [0.29, 0.717) is 17.4 Å². The van der Waals surface area contributed by atoms with E-state index in [1.807, 2.05) is 0 Å². The number of anilines is 1. The number of fused-ring (bicyclic) bond motifs is 2. The first-order chi connectivity index (χ1) is 9.56. The van der Waals surface area contributed by atoms with Gasteiger partial charge in [-0.2, -0.15) is 0 Å². The minimum Gasteiger partial charge on any atom is -0.481 e. The maximum absolute atomic E-state index is 11.4. The summed E-state index contributed by atoms with van der Waals surface area (Å²) in [4.78, 5) is 22.5. The summed E-state index contributed by atoms with van der Waals surface area (Å²) in [6.45, 7) is 0. The van der Waals surface area contributed by atoms with Gasteiger partial charge < -0.3 is 16.2 Å². The fraction of sp³-hybridized carbons (Fsp3) is 0.467. The Morgan fingerprint density at radius 2 is 1.80 bits per heavy atom. The standard InChI is InChI=1S/C15H18N2O3/c16-14(18)8-3-5-11(6-4-8)17-13-10-2-1-9(7-10)12(13)15(19)20/h3-6,9-10,12-13,17H,1-2,7H2,(H2,16,18)(H,19,20). The van der Waals surface area contributed by atoms with Crippen LogP contribution in [-0.4, -0.2) is 23.0 Å². The molecule has 2 fully saturated rings. The Hall–Kier alpha value is -2.04. The third-order valence-corrected chi connectivity index (χ3v) is 4.70. The molecular weight excluding hydrogens is 256 g/mol. The average Bonchev–Trinajstić information content (AvgIpc) is 3.00. The van der Waals surface area contributed by atoms with Crippen molar-refractivity contribution in [2.75, 3.05) is 5.32 Å². The van der Waals surface area contributed by atoms with Crippen LogP contribution in [0, 0.1) is 17.8 Å². The summed E-state index contributed by atoms with van der Waals surface area (Å²) >= 11 is 0. The number of amides is 1. The van der Waals surface area contributed by atoms with Crippen LogP contribution in [0.3, 0.4) is 0 Å². The minimum absolute atomic E-state index is 0.00863. The van der Waals surface area contributed by atoms with Crippen molar-refractivity contribution in [2.24, 2.45) is 23.5 Å². The molecule has 0 spiro atoms. The van der Waals surface area contributed by atoms with Gasteiger partial charge in [-0.25, -0.2) is 0 Å². The highest BCUT2D eigenvalue weighted by molar-refractivity contribution is 5.93. The van der Waals surface area contributed by atoms with E-state index in [1.165, 1.54) is 0 Å². The normalized spacial score (nSPS) is 31.2. The van der Waals surface area contributed by atoms with Crippen LogP contribution >= 0.6 is 0 Å². The van der Waals surface area contributed by atoms with Crippen molar-refractivity contribution in [3.05, 3.63) is 29.8 Å². The molecule has 4 atom stereocenters. The van der Waals surface area contributed by atoms with Gasteiger partial charge in [0.05, 0.1) is 5.92 Å². The molecule has 20 heavy (non-hydrogen) atoms. The highest BCUT2D eigenvalue weighted by Gasteiger charge is 2.50. The molecule has 4 unspecified atom stereocenters. The average molecular weight is 274 g/mol. The van der Waals surface area contributed by atoms with E-state index >= 15 is 0 Å². The molecule has 5 heteroatoms. The van der Waals surface area contributed by atoms with Crippen LogP contribution in [0.15, 0.2) is 24.3 Å². The van der Waals surface area contributed by atoms with Crippen molar-refractivity contribution in [3.8, 4) is 0 Å². The lowest BCUT2D eigenvalue weighted by Crippen LogP contribution is -2.39. The number of hydrogen-bond donors (Lipinski definition) is 3. The topological polar surface area (TPSA) is 92.4 Å². The number of nitrogens with one attached hydrogen (secondary N) is 1. The number of nitrogens with two attached hydrogens (primary N) is 1. The Labute approximate surface area is 117 Å². The van der Waals surface area contributed by atoms with Crippen LogP contribution in [0.5, 0.6) is 0 Å². The summed E-state index contributed by atoms with van der Waals surface area (Å²) in [5, 5.41) is 12.7. The molecule has 2 bridgehead atoms. The molecule has 2 aliphatic rings. The molecule has 4 N–H and O–H groups in total. The number of hydrogen-bond acceptors (Lipinski definition) is 3. The third-order valence-electron chi connectivity index (χ3n) is 4.70. The number of carbonyl (C=O) groups excluding carboxylic acids is 1. The van der Waals surface area contributed by atoms with E-state index in [1.54, 1.807) is 24.3 Å². The summed E-state index contributed by atoms with van der Waals surface area (Å²) in [6, 6.07) is 6.88. The van der Waals surface area contributed by atoms with Crippen molar-refractivity contribution in [1.29, 1.82) is 0 Å². The molecule has 5 nitrogen and oxygen atoms in total. The maximum atomic E-state index is 11.4. The molecule has 106 valence electrons. The molecular formula is C15H18N2O3. The van der Waals surface area contributed by atoms with Gasteiger partial charge in [-0.1, -0.05) is 0 Å². The monoisotopic (exact) mass is 274 g/mol. The van der Waals surface area contributed by atoms with Crippen LogP contribution < -0.4 is 11.1 Å². The third kappa shape index (κ3) is 2.13. The lowest BCUT2D eigenvalue weighted by molar-refractivity contribution is -0.143. The van der Waals surface area contributed by atoms with Gasteiger partial charge in [0.2, 0.25) is 5.91 Å². The van der Waals surface area contributed by atoms with Gasteiger partial charge in [0, 0.05) is 17.3 Å². The van der Waals surface area contributed by atoms with Crippen LogP contribution in [-0.2, 0) is 4.79 Å². The summed E-state index contributed by atoms with van der Waals surface area (Å²) in [7, 11) is 0. The zero-order valence-electron chi connectivity index (χ0n) is 11.1. The van der Waals surface area contributed by atoms with Crippen LogP contribution in [0.25, 0.3) is 0 Å². The lowest BCUT2D eigenvalue weighted by Gasteiger charge is -2.29. The summed E-state index contributed by atoms with van der Waals surface area (Å²) in [6.07, 6.45) is 3.14. The van der Waals surface area contributed by atoms with Crippen LogP contribution in [0.2, 0.25) is 0 Å². The van der Waals surface area contributed by atoms with Crippen molar-refractivity contribution >= 4 is 17.6 Å². The Morgan fingerprint density at radius 3 is 2.40 bits per heavy atom. The van der Waals surface area contributed by atoms with Gasteiger partial charge in [-0.3, -0.25) is 9.59 Å². The molecule has 1 aromatic rings. The molecule has 1 aromatic carbocycles. The van der Waals surface area contributed by atoms with Crippen molar-refractivity contribution in [2.45, 2.75) is 25.3 Å². The van der Waals surface area contributed by atoms with Gasteiger partial charge in [0.1, 0.15) is 0 Å². The van der Waals surface area contributed by atoms with Crippen molar-refractivity contribution in [1.82, 2.24) is 0 Å². The first kappa shape index (κ1) is 13.0. The van der Waals surface area contributed by atoms with E-state index in [2.05, 4.69) is 5.32 Å². The fourth-order valence-electron chi connectivity index (χ4n) is 3.78. The molecule has 3 rings (SSSR count). The lowest BCUT2D eigenvalue weighted by atomic mass is 9.84. The second-order valence-corrected chi connectivity index (χ2v) is 5.81. The number of primary amides is 1. The molecule has 0 aliphatic heterocycles. The number of rotatable bonds is 4. The first-order valence-electron chi connectivity index (χ1n) is 6.95. The number of benzene rings is 1. The molecule has 2 saturated carbocycles. The van der Waals surface area contributed by atoms with E-state index in [9.17, 15) is 14.7 Å². The SMILES string of the molecule is NC(=O)c1ccc(NC2C3CCC(C3)C2C(=O)O)cc1. The minimum atomic E-state index is -0.705. The molecule has 0 aromatic heterocycles. The Balaban J connectivity index is 1.76.